The van der Waals surface area contributed by atoms with Crippen LogP contribution in [0.5, 0.6) is 0 Å². The Balaban J connectivity index is 1.87. The number of rotatable bonds is 4. The van der Waals surface area contributed by atoms with Crippen LogP contribution in [0.4, 0.5) is 5.69 Å². The Labute approximate surface area is 113 Å². The van der Waals surface area contributed by atoms with Crippen LogP contribution in [0.3, 0.4) is 0 Å². The van der Waals surface area contributed by atoms with Gasteiger partial charge >= 0.3 is 0 Å². The summed E-state index contributed by atoms with van der Waals surface area (Å²) in [5, 5.41) is 2.93. The largest absolute Gasteiger partial charge is 0.399 e. The molecule has 0 saturated carbocycles. The zero-order valence-electron chi connectivity index (χ0n) is 11.3. The fourth-order valence-electron chi connectivity index (χ4n) is 1.94. The minimum atomic E-state index is -0.0361. The lowest BCUT2D eigenvalue weighted by molar-refractivity contribution is 0.0946. The first-order valence-corrected chi connectivity index (χ1v) is 6.33. The number of nitrogens with one attached hydrogen (secondary N) is 1. The molecule has 0 fully saturated rings. The topological polar surface area (TPSA) is 60.1 Å². The minimum Gasteiger partial charge on any atom is -0.399 e. The number of nitrogens with zero attached hydrogens (tertiary/aromatic N) is 1. The summed E-state index contributed by atoms with van der Waals surface area (Å²) >= 11 is 0. The molecule has 2 aromatic rings. The van der Waals surface area contributed by atoms with Crippen LogP contribution in [-0.2, 0) is 13.5 Å². The van der Waals surface area contributed by atoms with Gasteiger partial charge in [-0.25, -0.2) is 0 Å². The predicted molar refractivity (Wildman–Crippen MR) is 77.0 cm³/mol. The average Bonchev–Trinajstić information content (AvgIpc) is 2.72. The Morgan fingerprint density at radius 3 is 2.47 bits per heavy atom. The van der Waals surface area contributed by atoms with Crippen LogP contribution in [0.15, 0.2) is 36.4 Å². The van der Waals surface area contributed by atoms with Gasteiger partial charge in [0, 0.05) is 25.0 Å². The van der Waals surface area contributed by atoms with E-state index in [-0.39, 0.29) is 5.91 Å². The molecule has 0 atom stereocenters. The number of aromatic nitrogens is 1. The first-order chi connectivity index (χ1) is 9.08. The average molecular weight is 257 g/mol. The lowest BCUT2D eigenvalue weighted by atomic mass is 10.1. The highest BCUT2D eigenvalue weighted by Crippen LogP contribution is 2.07. The van der Waals surface area contributed by atoms with Gasteiger partial charge in [-0.05, 0) is 43.2 Å². The van der Waals surface area contributed by atoms with Crippen molar-refractivity contribution in [3.05, 3.63) is 53.3 Å². The smallest absolute Gasteiger partial charge is 0.267 e. The zero-order chi connectivity index (χ0) is 13.8. The summed E-state index contributed by atoms with van der Waals surface area (Å²) in [7, 11) is 1.89. The molecule has 19 heavy (non-hydrogen) atoms. The zero-order valence-corrected chi connectivity index (χ0v) is 11.3. The van der Waals surface area contributed by atoms with E-state index in [0.29, 0.717) is 12.2 Å². The van der Waals surface area contributed by atoms with Crippen LogP contribution in [0, 0.1) is 6.92 Å². The summed E-state index contributed by atoms with van der Waals surface area (Å²) in [5.41, 5.74) is 9.31. The molecule has 3 N–H and O–H groups in total. The molecule has 2 rings (SSSR count). The molecule has 0 aliphatic carbocycles. The van der Waals surface area contributed by atoms with Crippen molar-refractivity contribution in [2.75, 3.05) is 12.3 Å². The molecule has 4 heteroatoms. The third kappa shape index (κ3) is 3.16. The van der Waals surface area contributed by atoms with E-state index < -0.39 is 0 Å². The second-order valence-corrected chi connectivity index (χ2v) is 4.67. The van der Waals surface area contributed by atoms with Gasteiger partial charge in [0.25, 0.3) is 5.91 Å². The molecular weight excluding hydrogens is 238 g/mol. The van der Waals surface area contributed by atoms with Gasteiger partial charge < -0.3 is 15.6 Å². The van der Waals surface area contributed by atoms with Gasteiger partial charge in [-0.2, -0.15) is 0 Å². The number of carbonyl (C=O) groups excluding carboxylic acids is 1. The number of aryl methyl sites for hydroxylation is 1. The van der Waals surface area contributed by atoms with Crippen molar-refractivity contribution in [1.82, 2.24) is 9.88 Å². The van der Waals surface area contributed by atoms with E-state index in [9.17, 15) is 4.79 Å². The summed E-state index contributed by atoms with van der Waals surface area (Å²) in [5.74, 6) is -0.0361. The van der Waals surface area contributed by atoms with Crippen molar-refractivity contribution >= 4 is 11.6 Å². The highest BCUT2D eigenvalue weighted by molar-refractivity contribution is 5.92. The normalized spacial score (nSPS) is 10.4. The second kappa shape index (κ2) is 5.61. The number of hydrogen-bond acceptors (Lipinski definition) is 2. The van der Waals surface area contributed by atoms with E-state index in [2.05, 4.69) is 5.32 Å². The number of carbonyl (C=O) groups is 1. The molecule has 0 saturated heterocycles. The van der Waals surface area contributed by atoms with Gasteiger partial charge in [0.05, 0.1) is 0 Å². The summed E-state index contributed by atoms with van der Waals surface area (Å²) in [6.45, 7) is 2.60. The molecule has 100 valence electrons. The molecule has 1 aromatic heterocycles. The number of amides is 1. The van der Waals surface area contributed by atoms with E-state index in [4.69, 9.17) is 5.73 Å². The highest BCUT2D eigenvalue weighted by atomic mass is 16.1. The first-order valence-electron chi connectivity index (χ1n) is 6.33. The Hall–Kier alpha value is -2.23. The first kappa shape index (κ1) is 13.2. The molecule has 0 aliphatic rings. The van der Waals surface area contributed by atoms with Crippen LogP contribution in [0.2, 0.25) is 0 Å². The monoisotopic (exact) mass is 257 g/mol. The van der Waals surface area contributed by atoms with E-state index in [1.54, 1.807) is 0 Å². The molecular formula is C15H19N3O. The number of benzene rings is 1. The second-order valence-electron chi connectivity index (χ2n) is 4.67. The van der Waals surface area contributed by atoms with Gasteiger partial charge in [-0.15, -0.1) is 0 Å². The molecule has 0 unspecified atom stereocenters. The molecule has 0 bridgehead atoms. The van der Waals surface area contributed by atoms with Gasteiger partial charge in [0.1, 0.15) is 5.69 Å². The molecule has 0 radical (unpaired) electrons. The van der Waals surface area contributed by atoms with E-state index in [0.717, 1.165) is 23.4 Å². The molecule has 4 nitrogen and oxygen atoms in total. The maximum absolute atomic E-state index is 12.0. The van der Waals surface area contributed by atoms with Crippen LogP contribution in [0.25, 0.3) is 0 Å². The van der Waals surface area contributed by atoms with Crippen molar-refractivity contribution in [3.8, 4) is 0 Å². The predicted octanol–water partition coefficient (Wildman–Crippen LogP) is 1.89. The minimum absolute atomic E-state index is 0.0361. The van der Waals surface area contributed by atoms with Crippen LogP contribution in [-0.4, -0.2) is 17.0 Å². The molecule has 1 aromatic carbocycles. The van der Waals surface area contributed by atoms with Crippen molar-refractivity contribution in [2.45, 2.75) is 13.3 Å². The third-order valence-electron chi connectivity index (χ3n) is 3.28. The summed E-state index contributed by atoms with van der Waals surface area (Å²) in [6, 6.07) is 11.5. The van der Waals surface area contributed by atoms with Crippen LogP contribution >= 0.6 is 0 Å². The van der Waals surface area contributed by atoms with Crippen molar-refractivity contribution in [3.63, 3.8) is 0 Å². The van der Waals surface area contributed by atoms with Gasteiger partial charge in [0.15, 0.2) is 0 Å². The molecule has 0 spiro atoms. The maximum Gasteiger partial charge on any atom is 0.267 e. The fourth-order valence-corrected chi connectivity index (χ4v) is 1.94. The fraction of sp³-hybridized carbons (Fsp3) is 0.267. The van der Waals surface area contributed by atoms with Crippen molar-refractivity contribution in [1.29, 1.82) is 0 Å². The van der Waals surface area contributed by atoms with E-state index >= 15 is 0 Å². The van der Waals surface area contributed by atoms with Crippen molar-refractivity contribution in [2.24, 2.45) is 7.05 Å². The lowest BCUT2D eigenvalue weighted by Crippen LogP contribution is -2.27. The summed E-state index contributed by atoms with van der Waals surface area (Å²) in [4.78, 5) is 12.0. The lowest BCUT2D eigenvalue weighted by Gasteiger charge is -2.07. The quantitative estimate of drug-likeness (QED) is 0.822. The van der Waals surface area contributed by atoms with E-state index in [1.165, 1.54) is 0 Å². The standard InChI is InChI=1S/C15H19N3O/c1-11-3-8-14(18(11)2)15(19)17-10-9-12-4-6-13(16)7-5-12/h3-8H,9-10,16H2,1-2H3,(H,17,19). The maximum atomic E-state index is 12.0. The van der Waals surface area contributed by atoms with Crippen LogP contribution in [0.1, 0.15) is 21.7 Å². The molecule has 1 heterocycles. The molecule has 0 aliphatic heterocycles. The van der Waals surface area contributed by atoms with Crippen LogP contribution < -0.4 is 11.1 Å². The SMILES string of the molecule is Cc1ccc(C(=O)NCCc2ccc(N)cc2)n1C. The summed E-state index contributed by atoms with van der Waals surface area (Å²) in [6.07, 6.45) is 0.801. The van der Waals surface area contributed by atoms with Crippen molar-refractivity contribution < 1.29 is 4.79 Å². The number of anilines is 1. The van der Waals surface area contributed by atoms with E-state index in [1.807, 2.05) is 54.9 Å². The number of nitrogen functional groups attached to an aromatic ring is 1. The summed E-state index contributed by atoms with van der Waals surface area (Å²) < 4.78 is 1.89. The third-order valence-corrected chi connectivity index (χ3v) is 3.28. The van der Waals surface area contributed by atoms with Gasteiger partial charge in [-0.1, -0.05) is 12.1 Å². The Morgan fingerprint density at radius 1 is 1.21 bits per heavy atom. The number of hydrogen-bond donors (Lipinski definition) is 2. The van der Waals surface area contributed by atoms with Gasteiger partial charge in [0.2, 0.25) is 0 Å². The Bertz CT molecular complexity index is 570. The van der Waals surface area contributed by atoms with Gasteiger partial charge in [-0.3, -0.25) is 4.79 Å². The number of nitrogens with two attached hydrogens (primary N) is 1. The highest BCUT2D eigenvalue weighted by Gasteiger charge is 2.09. The Morgan fingerprint density at radius 2 is 1.89 bits per heavy atom. The Kier molecular flexibility index (Phi) is 3.90. The molecule has 1 amide bonds.